The van der Waals surface area contributed by atoms with E-state index >= 15 is 0 Å². The second-order valence-electron chi connectivity index (χ2n) is 9.52. The van der Waals surface area contributed by atoms with Gasteiger partial charge in [-0.2, -0.15) is 10.1 Å². The number of nitrogens with zero attached hydrogens (tertiary/aromatic N) is 5. The molecule has 0 unspecified atom stereocenters. The van der Waals surface area contributed by atoms with Crippen molar-refractivity contribution in [1.29, 1.82) is 0 Å². The Kier molecular flexibility index (Phi) is 6.08. The molecule has 5 rings (SSSR count). The maximum Gasteiger partial charge on any atom is 0.262 e. The van der Waals surface area contributed by atoms with Crippen LogP contribution in [0.4, 0.5) is 5.82 Å². The number of pyridine rings is 1. The predicted octanol–water partition coefficient (Wildman–Crippen LogP) is 4.40. The highest BCUT2D eigenvalue weighted by atomic mass is 16.5. The van der Waals surface area contributed by atoms with Crippen molar-refractivity contribution in [2.75, 3.05) is 25.1 Å². The number of ether oxygens (including phenoxy) is 1. The fraction of sp³-hybridized carbons (Fsp3) is 0.600. The van der Waals surface area contributed by atoms with Crippen LogP contribution in [0.25, 0.3) is 22.4 Å². The molecule has 0 spiro atoms. The summed E-state index contributed by atoms with van der Waals surface area (Å²) in [7, 11) is 3.48. The van der Waals surface area contributed by atoms with E-state index in [9.17, 15) is 4.79 Å². The van der Waals surface area contributed by atoms with Gasteiger partial charge in [-0.15, -0.1) is 0 Å². The number of piperidine rings is 1. The SMILES string of the molecule is CCC1CCN(c2ccc(-c3nc4c(c(C5CCCCC5)nn4C)c(=O)[nH]3)c(OC)n2)CC1. The standard InChI is InChI=1S/C25H34N6O2/c1-4-16-12-14-31(15-13-16)19-11-10-18(25(26-19)33-3)22-27-23-20(24(32)28-22)21(29-30(23)2)17-8-6-5-7-9-17/h10-11,16-17H,4-9,12-15H2,1-3H3,(H,27,28,32). The van der Waals surface area contributed by atoms with Crippen molar-refractivity contribution in [2.45, 2.75) is 64.2 Å². The molecule has 1 N–H and O–H groups in total. The van der Waals surface area contributed by atoms with Gasteiger partial charge in [-0.25, -0.2) is 9.67 Å². The van der Waals surface area contributed by atoms with Crippen LogP contribution in [0, 0.1) is 5.92 Å². The summed E-state index contributed by atoms with van der Waals surface area (Å²) in [6, 6.07) is 3.96. The van der Waals surface area contributed by atoms with Crippen LogP contribution < -0.4 is 15.2 Å². The average molecular weight is 451 g/mol. The van der Waals surface area contributed by atoms with Gasteiger partial charge in [0.25, 0.3) is 5.56 Å². The maximum atomic E-state index is 13.2. The zero-order valence-corrected chi connectivity index (χ0v) is 19.9. The number of aromatic amines is 1. The molecule has 1 aliphatic heterocycles. The van der Waals surface area contributed by atoms with Gasteiger partial charge in [-0.3, -0.25) is 4.79 Å². The minimum Gasteiger partial charge on any atom is -0.480 e. The summed E-state index contributed by atoms with van der Waals surface area (Å²) in [5.74, 6) is 2.99. The first-order chi connectivity index (χ1) is 16.1. The van der Waals surface area contributed by atoms with Crippen LogP contribution in [0.2, 0.25) is 0 Å². The molecule has 1 saturated carbocycles. The van der Waals surface area contributed by atoms with Crippen LogP contribution in [0.5, 0.6) is 5.88 Å². The molecule has 3 aromatic rings. The van der Waals surface area contributed by atoms with E-state index in [0.29, 0.717) is 34.2 Å². The number of aryl methyl sites for hydroxylation is 1. The van der Waals surface area contributed by atoms with E-state index in [0.717, 1.165) is 43.4 Å². The van der Waals surface area contributed by atoms with Gasteiger partial charge in [-0.1, -0.05) is 32.6 Å². The molecule has 3 aromatic heterocycles. The van der Waals surface area contributed by atoms with Crippen LogP contribution in [0.1, 0.15) is 69.9 Å². The third kappa shape index (κ3) is 4.11. The summed E-state index contributed by atoms with van der Waals surface area (Å²) < 4.78 is 7.37. The highest BCUT2D eigenvalue weighted by molar-refractivity contribution is 5.80. The maximum absolute atomic E-state index is 13.2. The Morgan fingerprint density at radius 2 is 1.85 bits per heavy atom. The van der Waals surface area contributed by atoms with Gasteiger partial charge in [0.15, 0.2) is 5.65 Å². The minimum atomic E-state index is -0.142. The molecule has 176 valence electrons. The summed E-state index contributed by atoms with van der Waals surface area (Å²) in [4.78, 5) is 28.1. The van der Waals surface area contributed by atoms with E-state index in [1.165, 1.54) is 38.5 Å². The molecule has 2 fully saturated rings. The number of hydrogen-bond acceptors (Lipinski definition) is 6. The molecule has 0 bridgehead atoms. The van der Waals surface area contributed by atoms with Crippen molar-refractivity contribution >= 4 is 16.9 Å². The molecule has 1 saturated heterocycles. The third-order valence-corrected chi connectivity index (χ3v) is 7.52. The fourth-order valence-electron chi connectivity index (χ4n) is 5.49. The van der Waals surface area contributed by atoms with Crippen molar-refractivity contribution in [3.63, 3.8) is 0 Å². The number of aromatic nitrogens is 5. The molecule has 0 atom stereocenters. The number of methoxy groups -OCH3 is 1. The van der Waals surface area contributed by atoms with Crippen molar-refractivity contribution in [3.05, 3.63) is 28.2 Å². The molecule has 8 heteroatoms. The molecule has 4 heterocycles. The Morgan fingerprint density at radius 1 is 1.09 bits per heavy atom. The third-order valence-electron chi connectivity index (χ3n) is 7.52. The molecule has 33 heavy (non-hydrogen) atoms. The number of nitrogens with one attached hydrogen (secondary N) is 1. The second kappa shape index (κ2) is 9.15. The van der Waals surface area contributed by atoms with E-state index in [1.807, 2.05) is 19.2 Å². The van der Waals surface area contributed by atoms with E-state index in [1.54, 1.807) is 11.8 Å². The monoisotopic (exact) mass is 450 g/mol. The highest BCUT2D eigenvalue weighted by Crippen LogP contribution is 2.35. The number of H-pyrrole nitrogens is 1. The number of hydrogen-bond donors (Lipinski definition) is 1. The lowest BCUT2D eigenvalue weighted by Crippen LogP contribution is -2.34. The Hall–Kier alpha value is -2.90. The van der Waals surface area contributed by atoms with Crippen LogP contribution in [0.3, 0.4) is 0 Å². The van der Waals surface area contributed by atoms with Crippen molar-refractivity contribution in [3.8, 4) is 17.3 Å². The smallest absolute Gasteiger partial charge is 0.262 e. The zero-order valence-electron chi connectivity index (χ0n) is 19.9. The van der Waals surface area contributed by atoms with Crippen molar-refractivity contribution in [2.24, 2.45) is 13.0 Å². The Balaban J connectivity index is 1.50. The topological polar surface area (TPSA) is 88.9 Å². The molecular weight excluding hydrogens is 416 g/mol. The summed E-state index contributed by atoms with van der Waals surface area (Å²) in [5.41, 5.74) is 2.05. The molecule has 8 nitrogen and oxygen atoms in total. The van der Waals surface area contributed by atoms with Crippen LogP contribution in [-0.4, -0.2) is 44.9 Å². The van der Waals surface area contributed by atoms with E-state index in [2.05, 4.69) is 16.8 Å². The molecule has 1 aliphatic carbocycles. The Bertz CT molecular complexity index is 1190. The first kappa shape index (κ1) is 21.9. The molecule has 0 radical (unpaired) electrons. The van der Waals surface area contributed by atoms with Gasteiger partial charge in [0.2, 0.25) is 5.88 Å². The molecule has 0 aromatic carbocycles. The predicted molar refractivity (Wildman–Crippen MR) is 130 cm³/mol. The highest BCUT2D eigenvalue weighted by Gasteiger charge is 2.26. The van der Waals surface area contributed by atoms with Gasteiger partial charge in [0.1, 0.15) is 17.0 Å². The lowest BCUT2D eigenvalue weighted by atomic mass is 9.86. The quantitative estimate of drug-likeness (QED) is 0.620. The van der Waals surface area contributed by atoms with E-state index in [-0.39, 0.29) is 5.56 Å². The van der Waals surface area contributed by atoms with E-state index in [4.69, 9.17) is 19.8 Å². The lowest BCUT2D eigenvalue weighted by Gasteiger charge is -2.32. The second-order valence-corrected chi connectivity index (χ2v) is 9.52. The van der Waals surface area contributed by atoms with Gasteiger partial charge < -0.3 is 14.6 Å². The number of fused-ring (bicyclic) bond motifs is 1. The minimum absolute atomic E-state index is 0.142. The Morgan fingerprint density at radius 3 is 2.55 bits per heavy atom. The lowest BCUT2D eigenvalue weighted by molar-refractivity contribution is 0.386. The van der Waals surface area contributed by atoms with Crippen LogP contribution in [0.15, 0.2) is 16.9 Å². The summed E-state index contributed by atoms with van der Waals surface area (Å²) in [6.45, 7) is 4.28. The fourth-order valence-corrected chi connectivity index (χ4v) is 5.49. The first-order valence-electron chi connectivity index (χ1n) is 12.4. The van der Waals surface area contributed by atoms with Crippen LogP contribution >= 0.6 is 0 Å². The zero-order chi connectivity index (χ0) is 22.9. The van der Waals surface area contributed by atoms with Crippen molar-refractivity contribution < 1.29 is 4.74 Å². The summed E-state index contributed by atoms with van der Waals surface area (Å²) >= 11 is 0. The van der Waals surface area contributed by atoms with Gasteiger partial charge >= 0.3 is 0 Å². The molecule has 0 amide bonds. The molecule has 2 aliphatic rings. The van der Waals surface area contributed by atoms with Crippen LogP contribution in [-0.2, 0) is 7.05 Å². The van der Waals surface area contributed by atoms with Gasteiger partial charge in [0.05, 0.1) is 18.4 Å². The van der Waals surface area contributed by atoms with Gasteiger partial charge in [-0.05, 0) is 43.7 Å². The van der Waals surface area contributed by atoms with E-state index < -0.39 is 0 Å². The normalized spacial score (nSPS) is 18.2. The Labute approximate surface area is 194 Å². The van der Waals surface area contributed by atoms with Gasteiger partial charge in [0, 0.05) is 26.1 Å². The molecular formula is C25H34N6O2. The summed E-state index contributed by atoms with van der Waals surface area (Å²) in [5, 5.41) is 5.34. The number of rotatable bonds is 5. The number of anilines is 1. The first-order valence-corrected chi connectivity index (χ1v) is 12.4. The summed E-state index contributed by atoms with van der Waals surface area (Å²) in [6.07, 6.45) is 9.44. The van der Waals surface area contributed by atoms with Crippen molar-refractivity contribution in [1.82, 2.24) is 24.7 Å². The average Bonchev–Trinajstić information content (AvgIpc) is 3.21. The largest absolute Gasteiger partial charge is 0.480 e.